The molecule has 0 saturated carbocycles. The molecule has 5 aromatic rings. The number of aliphatic imine (C=N–C) groups is 1. The van der Waals surface area contributed by atoms with Gasteiger partial charge in [-0.25, -0.2) is 4.99 Å². The average Bonchev–Trinajstić information content (AvgIpc) is 3.80. The van der Waals surface area contributed by atoms with Crippen LogP contribution < -0.4 is 0 Å². The van der Waals surface area contributed by atoms with Crippen LogP contribution in [0.25, 0.3) is 34.0 Å². The first-order valence-corrected chi connectivity index (χ1v) is 21.2. The van der Waals surface area contributed by atoms with Gasteiger partial charge in [0.2, 0.25) is 0 Å². The van der Waals surface area contributed by atoms with Gasteiger partial charge in [-0.1, -0.05) is 132 Å². The van der Waals surface area contributed by atoms with E-state index in [0.29, 0.717) is 5.92 Å². The summed E-state index contributed by atoms with van der Waals surface area (Å²) in [4.78, 5) is 9.35. The number of allylic oxidation sites excluding steroid dienone is 2. The molecular weight excluding hydrogens is 665 g/mol. The molecule has 0 fully saturated rings. The summed E-state index contributed by atoms with van der Waals surface area (Å²) in [5.41, 5.74) is 22.2. The smallest absolute Gasteiger partial charge is 0.0737 e. The molecule has 0 aliphatic carbocycles. The Morgan fingerprint density at radius 1 is 0.582 bits per heavy atom. The Kier molecular flexibility index (Phi) is 13.3. The van der Waals surface area contributed by atoms with Crippen molar-refractivity contribution < 1.29 is 0 Å². The molecule has 2 heterocycles. The number of hydrogen-bond donors (Lipinski definition) is 1. The van der Waals surface area contributed by atoms with Crippen molar-refractivity contribution in [3.8, 4) is 22.4 Å². The molecule has 4 aromatic carbocycles. The van der Waals surface area contributed by atoms with E-state index in [4.69, 9.17) is 4.99 Å². The van der Waals surface area contributed by atoms with E-state index in [1.807, 2.05) is 0 Å². The van der Waals surface area contributed by atoms with Crippen LogP contribution in [0.5, 0.6) is 0 Å². The van der Waals surface area contributed by atoms with Crippen molar-refractivity contribution >= 4 is 17.4 Å². The van der Waals surface area contributed by atoms with Crippen molar-refractivity contribution in [1.82, 2.24) is 4.98 Å². The van der Waals surface area contributed by atoms with Crippen LogP contribution in [0.15, 0.2) is 95.6 Å². The number of aryl methyl sites for hydroxylation is 7. The predicted molar refractivity (Wildman–Crippen MR) is 240 cm³/mol. The fourth-order valence-corrected chi connectivity index (χ4v) is 8.27. The van der Waals surface area contributed by atoms with Crippen molar-refractivity contribution in [3.05, 3.63) is 152 Å². The highest BCUT2D eigenvalue weighted by Gasteiger charge is 2.22. The number of unbranched alkanes of at least 4 members (excludes halogenated alkanes) is 5. The predicted octanol–water partition coefficient (Wildman–Crippen LogP) is 15.3. The quantitative estimate of drug-likeness (QED) is 0.0980. The summed E-state index contributed by atoms with van der Waals surface area (Å²) in [6.45, 7) is 20.2. The van der Waals surface area contributed by atoms with Crippen molar-refractivity contribution in [2.45, 2.75) is 132 Å². The summed E-state index contributed by atoms with van der Waals surface area (Å²) in [6, 6.07) is 30.2. The second kappa shape index (κ2) is 18.3. The summed E-state index contributed by atoms with van der Waals surface area (Å²) in [5, 5.41) is 0. The molecule has 0 saturated heterocycles. The molecule has 55 heavy (non-hydrogen) atoms. The highest BCUT2D eigenvalue weighted by atomic mass is 14.8. The van der Waals surface area contributed by atoms with Gasteiger partial charge in [-0.15, -0.1) is 0 Å². The van der Waals surface area contributed by atoms with E-state index in [9.17, 15) is 0 Å². The fourth-order valence-electron chi connectivity index (χ4n) is 8.27. The normalized spacial score (nSPS) is 14.1. The molecule has 0 bridgehead atoms. The van der Waals surface area contributed by atoms with Gasteiger partial charge in [0, 0.05) is 28.1 Å². The second-order valence-corrected chi connectivity index (χ2v) is 16.3. The van der Waals surface area contributed by atoms with E-state index in [0.717, 1.165) is 29.2 Å². The Morgan fingerprint density at radius 3 is 1.84 bits per heavy atom. The lowest BCUT2D eigenvalue weighted by molar-refractivity contribution is 0.570. The van der Waals surface area contributed by atoms with Gasteiger partial charge in [0.15, 0.2) is 0 Å². The molecule has 1 aliphatic heterocycles. The van der Waals surface area contributed by atoms with Crippen LogP contribution in [0.2, 0.25) is 0 Å². The third-order valence-electron chi connectivity index (χ3n) is 12.1. The Balaban J connectivity index is 1.44. The fraction of sp³-hybridized carbons (Fsp3) is 0.377. The van der Waals surface area contributed by atoms with E-state index in [2.05, 4.69) is 158 Å². The number of rotatable bonds is 16. The number of hydrogen-bond acceptors (Lipinski definition) is 1. The minimum atomic E-state index is 0.611. The summed E-state index contributed by atoms with van der Waals surface area (Å²) < 4.78 is 0. The molecule has 1 N–H and O–H groups in total. The Labute approximate surface area is 333 Å². The van der Waals surface area contributed by atoms with E-state index >= 15 is 0 Å². The van der Waals surface area contributed by atoms with Gasteiger partial charge in [-0.3, -0.25) is 0 Å². The van der Waals surface area contributed by atoms with Crippen LogP contribution in [0.1, 0.15) is 146 Å². The second-order valence-electron chi connectivity index (χ2n) is 16.3. The van der Waals surface area contributed by atoms with Crippen LogP contribution >= 0.6 is 0 Å². The molecule has 0 amide bonds. The van der Waals surface area contributed by atoms with Gasteiger partial charge in [0.1, 0.15) is 0 Å². The molecule has 1 aromatic heterocycles. The highest BCUT2D eigenvalue weighted by Crippen LogP contribution is 2.39. The summed E-state index contributed by atoms with van der Waals surface area (Å²) in [7, 11) is 0. The van der Waals surface area contributed by atoms with Crippen molar-refractivity contribution in [2.24, 2.45) is 4.99 Å². The topological polar surface area (TPSA) is 28.1 Å². The van der Waals surface area contributed by atoms with Gasteiger partial charge in [-0.2, -0.15) is 0 Å². The number of aromatic nitrogens is 1. The summed E-state index contributed by atoms with van der Waals surface area (Å²) in [6.07, 6.45) is 17.2. The molecule has 1 atom stereocenters. The van der Waals surface area contributed by atoms with Crippen molar-refractivity contribution in [2.75, 3.05) is 0 Å². The molecule has 0 radical (unpaired) electrons. The van der Waals surface area contributed by atoms with Crippen LogP contribution in [0.3, 0.4) is 0 Å². The van der Waals surface area contributed by atoms with Gasteiger partial charge >= 0.3 is 0 Å². The first kappa shape index (κ1) is 40.0. The molecule has 6 rings (SSSR count). The van der Waals surface area contributed by atoms with E-state index in [-0.39, 0.29) is 0 Å². The van der Waals surface area contributed by atoms with Crippen LogP contribution in [-0.2, 0) is 6.42 Å². The lowest BCUT2D eigenvalue weighted by Gasteiger charge is -2.15. The summed E-state index contributed by atoms with van der Waals surface area (Å²) >= 11 is 0. The molecule has 2 nitrogen and oxygen atoms in total. The van der Waals surface area contributed by atoms with E-state index < -0.39 is 0 Å². The van der Waals surface area contributed by atoms with E-state index in [1.165, 1.54) is 136 Å². The Morgan fingerprint density at radius 2 is 1.18 bits per heavy atom. The third-order valence-corrected chi connectivity index (χ3v) is 12.1. The molecule has 1 unspecified atom stereocenters. The maximum atomic E-state index is 5.44. The lowest BCUT2D eigenvalue weighted by Crippen LogP contribution is -1.99. The SMILES string of the molecule is CCCCCCCc1ccc(-c2cc(-c3cc(C)c(C)cc3C)c(/C=C3\N=C(c4ccc(C(CC)CCCC)cc4)C=C3c3cc(C)c(C)cc3C)[nH]2)cc1. The van der Waals surface area contributed by atoms with Crippen molar-refractivity contribution in [1.29, 1.82) is 0 Å². The average molecular weight is 729 g/mol. The zero-order valence-corrected chi connectivity index (χ0v) is 35.3. The van der Waals surface area contributed by atoms with Crippen molar-refractivity contribution in [3.63, 3.8) is 0 Å². The molecule has 0 spiro atoms. The van der Waals surface area contributed by atoms with E-state index in [1.54, 1.807) is 0 Å². The first-order valence-electron chi connectivity index (χ1n) is 21.2. The van der Waals surface area contributed by atoms with Gasteiger partial charge in [-0.05, 0) is 153 Å². The number of H-pyrrole nitrogens is 1. The number of nitrogens with one attached hydrogen (secondary N) is 1. The van der Waals surface area contributed by atoms with Gasteiger partial charge in [0.05, 0.1) is 11.4 Å². The van der Waals surface area contributed by atoms with Crippen LogP contribution in [-0.4, -0.2) is 10.7 Å². The Hall–Kier alpha value is -4.69. The largest absolute Gasteiger partial charge is 0.354 e. The number of aromatic amines is 1. The Bertz CT molecular complexity index is 2180. The van der Waals surface area contributed by atoms with Gasteiger partial charge < -0.3 is 4.98 Å². The molecular formula is C53H64N2. The molecule has 2 heteroatoms. The van der Waals surface area contributed by atoms with Gasteiger partial charge in [0.25, 0.3) is 0 Å². The zero-order chi connectivity index (χ0) is 39.1. The minimum Gasteiger partial charge on any atom is -0.354 e. The standard InChI is InChI=1S/C53H64N2/c1-10-13-15-16-17-18-41-20-22-44(23-21-41)50-32-48(46-30-37(6)35(4)28-39(46)8)52(54-50)34-53-49(47-31-38(7)36(5)29-40(47)9)33-51(55-53)45-26-24-43(25-27-45)42(12-3)19-14-11-2/h20-34,42,54H,10-19H2,1-9H3/b53-34-. The van der Waals surface area contributed by atoms with Crippen LogP contribution in [0, 0.1) is 41.5 Å². The first-order chi connectivity index (χ1) is 26.6. The van der Waals surface area contributed by atoms with Crippen LogP contribution in [0.4, 0.5) is 0 Å². The maximum Gasteiger partial charge on any atom is 0.0737 e. The lowest BCUT2D eigenvalue weighted by atomic mass is 9.90. The molecule has 286 valence electrons. The zero-order valence-electron chi connectivity index (χ0n) is 35.3. The number of nitrogens with zero attached hydrogens (tertiary/aromatic N) is 1. The highest BCUT2D eigenvalue weighted by molar-refractivity contribution is 6.19. The maximum absolute atomic E-state index is 5.44. The third kappa shape index (κ3) is 9.41. The minimum absolute atomic E-state index is 0.611. The number of benzene rings is 4. The molecule has 1 aliphatic rings. The monoisotopic (exact) mass is 729 g/mol. The summed E-state index contributed by atoms with van der Waals surface area (Å²) in [5.74, 6) is 0.611.